The van der Waals surface area contributed by atoms with Gasteiger partial charge in [0.05, 0.1) is 6.61 Å². The summed E-state index contributed by atoms with van der Waals surface area (Å²) in [6, 6.07) is 8.86. The fourth-order valence-electron chi connectivity index (χ4n) is 3.05. The molecule has 0 aliphatic carbocycles. The lowest BCUT2D eigenvalue weighted by Gasteiger charge is -2.41. The lowest BCUT2D eigenvalue weighted by molar-refractivity contribution is 0.0443. The zero-order valence-corrected chi connectivity index (χ0v) is 14.3. The first kappa shape index (κ1) is 17.3. The average Bonchev–Trinajstić information content (AvgIpc) is 2.55. The Morgan fingerprint density at radius 1 is 1.14 bits per heavy atom. The Kier molecular flexibility index (Phi) is 7.16. The van der Waals surface area contributed by atoms with Crippen LogP contribution in [0.25, 0.3) is 0 Å². The Balaban J connectivity index is 1.74. The van der Waals surface area contributed by atoms with Gasteiger partial charge in [0.25, 0.3) is 0 Å². The molecule has 0 aromatic heterocycles. The quantitative estimate of drug-likeness (QED) is 0.736. The van der Waals surface area contributed by atoms with Crippen molar-refractivity contribution in [3.05, 3.63) is 29.8 Å². The van der Waals surface area contributed by atoms with Crippen molar-refractivity contribution in [2.24, 2.45) is 0 Å². The van der Waals surface area contributed by atoms with E-state index in [9.17, 15) is 0 Å². The Labute approximate surface area is 135 Å². The van der Waals surface area contributed by atoms with Gasteiger partial charge in [-0.15, -0.1) is 0 Å². The SMILES string of the molecule is CCC1CN(CCOc2ccccc2C)CCN1CCOC. The van der Waals surface area contributed by atoms with Crippen LogP contribution in [0.1, 0.15) is 18.9 Å². The van der Waals surface area contributed by atoms with E-state index in [0.717, 1.165) is 51.7 Å². The number of benzene rings is 1. The lowest BCUT2D eigenvalue weighted by atomic mass is 10.1. The minimum Gasteiger partial charge on any atom is -0.492 e. The molecule has 124 valence electrons. The number of nitrogens with zero attached hydrogens (tertiary/aromatic N) is 2. The summed E-state index contributed by atoms with van der Waals surface area (Å²) in [5.41, 5.74) is 1.21. The maximum Gasteiger partial charge on any atom is 0.122 e. The topological polar surface area (TPSA) is 24.9 Å². The predicted octanol–water partition coefficient (Wildman–Crippen LogP) is 2.42. The monoisotopic (exact) mass is 306 g/mol. The molecule has 4 heteroatoms. The molecule has 4 nitrogen and oxygen atoms in total. The van der Waals surface area contributed by atoms with Crippen molar-refractivity contribution in [1.29, 1.82) is 0 Å². The highest BCUT2D eigenvalue weighted by atomic mass is 16.5. The summed E-state index contributed by atoms with van der Waals surface area (Å²) in [4.78, 5) is 5.08. The van der Waals surface area contributed by atoms with Crippen molar-refractivity contribution in [3.63, 3.8) is 0 Å². The molecule has 1 aliphatic rings. The third-order valence-electron chi connectivity index (χ3n) is 4.50. The molecule has 0 amide bonds. The van der Waals surface area contributed by atoms with Crippen LogP contribution in [-0.2, 0) is 4.74 Å². The molecule has 2 rings (SSSR count). The van der Waals surface area contributed by atoms with Crippen LogP contribution < -0.4 is 4.74 Å². The van der Waals surface area contributed by atoms with Gasteiger partial charge >= 0.3 is 0 Å². The molecule has 1 aromatic rings. The average molecular weight is 306 g/mol. The zero-order valence-electron chi connectivity index (χ0n) is 14.3. The minimum absolute atomic E-state index is 0.641. The van der Waals surface area contributed by atoms with Crippen molar-refractivity contribution in [3.8, 4) is 5.75 Å². The molecule has 0 spiro atoms. The Morgan fingerprint density at radius 2 is 1.95 bits per heavy atom. The smallest absolute Gasteiger partial charge is 0.122 e. The standard InChI is InChI=1S/C18H30N2O2/c1-4-17-15-19(9-10-20(17)12-13-21-3)11-14-22-18-8-6-5-7-16(18)2/h5-8,17H,4,9-15H2,1-3H3. The van der Waals surface area contributed by atoms with E-state index < -0.39 is 0 Å². The third kappa shape index (κ3) is 4.97. The van der Waals surface area contributed by atoms with Gasteiger partial charge in [0, 0.05) is 45.9 Å². The molecule has 22 heavy (non-hydrogen) atoms. The van der Waals surface area contributed by atoms with Crippen molar-refractivity contribution in [1.82, 2.24) is 9.80 Å². The number of ether oxygens (including phenoxy) is 2. The van der Waals surface area contributed by atoms with Crippen LogP contribution >= 0.6 is 0 Å². The fourth-order valence-corrected chi connectivity index (χ4v) is 3.05. The molecular formula is C18H30N2O2. The molecule has 1 saturated heterocycles. The summed E-state index contributed by atoms with van der Waals surface area (Å²) < 4.78 is 11.1. The fraction of sp³-hybridized carbons (Fsp3) is 0.667. The van der Waals surface area contributed by atoms with Gasteiger partial charge in [-0.3, -0.25) is 9.80 Å². The Hall–Kier alpha value is -1.10. The van der Waals surface area contributed by atoms with Crippen LogP contribution in [0.5, 0.6) is 5.75 Å². The molecule has 1 fully saturated rings. The van der Waals surface area contributed by atoms with Crippen LogP contribution in [-0.4, -0.2) is 68.9 Å². The highest BCUT2D eigenvalue weighted by Crippen LogP contribution is 2.17. The van der Waals surface area contributed by atoms with E-state index in [1.54, 1.807) is 7.11 Å². The molecule has 0 bridgehead atoms. The zero-order chi connectivity index (χ0) is 15.8. The van der Waals surface area contributed by atoms with E-state index in [1.807, 2.05) is 18.2 Å². The number of piperazine rings is 1. The maximum absolute atomic E-state index is 5.92. The minimum atomic E-state index is 0.641. The van der Waals surface area contributed by atoms with E-state index in [2.05, 4.69) is 29.7 Å². The molecule has 1 heterocycles. The van der Waals surface area contributed by atoms with Crippen LogP contribution in [0, 0.1) is 6.92 Å². The van der Waals surface area contributed by atoms with Gasteiger partial charge in [-0.1, -0.05) is 25.1 Å². The van der Waals surface area contributed by atoms with Gasteiger partial charge in [0.1, 0.15) is 12.4 Å². The Bertz CT molecular complexity index is 439. The summed E-state index contributed by atoms with van der Waals surface area (Å²) in [6.45, 7) is 11.4. The second kappa shape index (κ2) is 9.13. The van der Waals surface area contributed by atoms with Crippen molar-refractivity contribution in [2.45, 2.75) is 26.3 Å². The van der Waals surface area contributed by atoms with Crippen LogP contribution in [0.3, 0.4) is 0 Å². The number of para-hydroxylation sites is 1. The molecule has 1 unspecified atom stereocenters. The number of aryl methyl sites for hydroxylation is 1. The van der Waals surface area contributed by atoms with Crippen LogP contribution in [0.4, 0.5) is 0 Å². The highest BCUT2D eigenvalue weighted by molar-refractivity contribution is 5.31. The molecular weight excluding hydrogens is 276 g/mol. The summed E-state index contributed by atoms with van der Waals surface area (Å²) in [7, 11) is 1.78. The van der Waals surface area contributed by atoms with Crippen molar-refractivity contribution < 1.29 is 9.47 Å². The lowest BCUT2D eigenvalue weighted by Crippen LogP contribution is -2.54. The van der Waals surface area contributed by atoms with Gasteiger partial charge in [-0.2, -0.15) is 0 Å². The van der Waals surface area contributed by atoms with Gasteiger partial charge in [-0.25, -0.2) is 0 Å². The van der Waals surface area contributed by atoms with E-state index in [1.165, 1.54) is 12.0 Å². The first-order valence-corrected chi connectivity index (χ1v) is 8.38. The van der Waals surface area contributed by atoms with E-state index >= 15 is 0 Å². The number of rotatable bonds is 8. The number of hydrogen-bond donors (Lipinski definition) is 0. The third-order valence-corrected chi connectivity index (χ3v) is 4.50. The summed E-state index contributed by atoms with van der Waals surface area (Å²) >= 11 is 0. The van der Waals surface area contributed by atoms with Crippen LogP contribution in [0.2, 0.25) is 0 Å². The van der Waals surface area contributed by atoms with Crippen molar-refractivity contribution in [2.75, 3.05) is 53.0 Å². The summed E-state index contributed by atoms with van der Waals surface area (Å²) in [6.07, 6.45) is 1.19. The molecule has 0 saturated carbocycles. The largest absolute Gasteiger partial charge is 0.492 e. The predicted molar refractivity (Wildman–Crippen MR) is 90.6 cm³/mol. The van der Waals surface area contributed by atoms with E-state index in [4.69, 9.17) is 9.47 Å². The molecule has 0 N–H and O–H groups in total. The normalized spacial score (nSPS) is 20.2. The Morgan fingerprint density at radius 3 is 2.68 bits per heavy atom. The first-order valence-electron chi connectivity index (χ1n) is 8.38. The van der Waals surface area contributed by atoms with Gasteiger partial charge in [0.2, 0.25) is 0 Å². The number of hydrogen-bond acceptors (Lipinski definition) is 4. The molecule has 1 atom stereocenters. The second-order valence-electron chi connectivity index (χ2n) is 6.01. The van der Waals surface area contributed by atoms with E-state index in [0.29, 0.717) is 6.04 Å². The molecule has 1 aliphatic heterocycles. The number of methoxy groups -OCH3 is 1. The van der Waals surface area contributed by atoms with Gasteiger partial charge < -0.3 is 9.47 Å². The van der Waals surface area contributed by atoms with Crippen LogP contribution in [0.15, 0.2) is 24.3 Å². The van der Waals surface area contributed by atoms with Gasteiger partial charge in [-0.05, 0) is 25.0 Å². The molecule has 1 aromatic carbocycles. The highest BCUT2D eigenvalue weighted by Gasteiger charge is 2.25. The second-order valence-corrected chi connectivity index (χ2v) is 6.01. The summed E-state index contributed by atoms with van der Waals surface area (Å²) in [5.74, 6) is 1.01. The van der Waals surface area contributed by atoms with Gasteiger partial charge in [0.15, 0.2) is 0 Å². The van der Waals surface area contributed by atoms with Crippen molar-refractivity contribution >= 4 is 0 Å². The summed E-state index contributed by atoms with van der Waals surface area (Å²) in [5, 5.41) is 0. The first-order chi connectivity index (χ1) is 10.7. The maximum atomic E-state index is 5.92. The molecule has 0 radical (unpaired) electrons. The van der Waals surface area contributed by atoms with E-state index in [-0.39, 0.29) is 0 Å².